The van der Waals surface area contributed by atoms with Gasteiger partial charge >= 0.3 is 6.09 Å². The van der Waals surface area contributed by atoms with Gasteiger partial charge in [-0.2, -0.15) is 0 Å². The Morgan fingerprint density at radius 2 is 1.92 bits per heavy atom. The molecule has 14 nitrogen and oxygen atoms in total. The van der Waals surface area contributed by atoms with E-state index in [0.29, 0.717) is 49.3 Å². The number of carboxylic acid groups (broad SMARTS) is 1. The van der Waals surface area contributed by atoms with Crippen LogP contribution in [0.3, 0.4) is 0 Å². The Kier molecular flexibility index (Phi) is 9.79. The fraction of sp³-hybridized carbons (Fsp3) is 0.595. The number of nitrogens with one attached hydrogen (secondary N) is 3. The first kappa shape index (κ1) is 36.9. The zero-order chi connectivity index (χ0) is 37.7. The third-order valence-electron chi connectivity index (χ3n) is 11.5. The van der Waals surface area contributed by atoms with E-state index in [9.17, 15) is 37.1 Å². The molecule has 53 heavy (non-hydrogen) atoms. The molecule has 286 valence electrons. The van der Waals surface area contributed by atoms with Crippen molar-refractivity contribution in [1.82, 2.24) is 25.2 Å². The number of ether oxygens (including phenoxy) is 2. The molecule has 5 aliphatic rings. The lowest BCUT2D eigenvalue weighted by molar-refractivity contribution is -0.142. The van der Waals surface area contributed by atoms with Gasteiger partial charge < -0.3 is 30.1 Å². The summed E-state index contributed by atoms with van der Waals surface area (Å²) in [6.45, 7) is 3.15. The summed E-state index contributed by atoms with van der Waals surface area (Å²) in [5.41, 5.74) is -0.925. The molecule has 16 heteroatoms. The Bertz CT molecular complexity index is 1960. The van der Waals surface area contributed by atoms with Crippen LogP contribution in [0.25, 0.3) is 10.8 Å². The minimum atomic E-state index is -4.38. The molecule has 0 spiro atoms. The quantitative estimate of drug-likeness (QED) is 0.305. The summed E-state index contributed by atoms with van der Waals surface area (Å²) in [4.78, 5) is 60.7. The summed E-state index contributed by atoms with van der Waals surface area (Å²) in [6, 6.07) is 5.10. The number of halogens is 1. The van der Waals surface area contributed by atoms with Gasteiger partial charge in [-0.05, 0) is 69.3 Å². The number of aromatic nitrogens is 1. The van der Waals surface area contributed by atoms with Crippen molar-refractivity contribution in [3.05, 3.63) is 42.1 Å². The van der Waals surface area contributed by atoms with Crippen LogP contribution in [0, 0.1) is 17.8 Å². The molecular formula is C37H46FN5O9S. The Labute approximate surface area is 307 Å². The number of carbonyl (C=O) groups is 4. The number of hydrogen-bond acceptors (Lipinski definition) is 9. The van der Waals surface area contributed by atoms with Crippen molar-refractivity contribution >= 4 is 44.6 Å². The van der Waals surface area contributed by atoms with Crippen molar-refractivity contribution in [1.29, 1.82) is 0 Å². The molecule has 2 saturated carbocycles. The van der Waals surface area contributed by atoms with E-state index in [-0.39, 0.29) is 38.1 Å². The highest BCUT2D eigenvalue weighted by Crippen LogP contribution is 2.48. The van der Waals surface area contributed by atoms with Crippen molar-refractivity contribution in [2.75, 3.05) is 19.8 Å². The minimum absolute atomic E-state index is 0.0206. The Hall–Kier alpha value is -4.47. The smallest absolute Gasteiger partial charge is 0.405 e. The van der Waals surface area contributed by atoms with Crippen LogP contribution in [-0.4, -0.2) is 95.5 Å². The maximum Gasteiger partial charge on any atom is 0.405 e. The molecule has 1 saturated heterocycles. The molecule has 7 rings (SSSR count). The van der Waals surface area contributed by atoms with Crippen molar-refractivity contribution in [3.63, 3.8) is 0 Å². The number of sulfonamides is 1. The summed E-state index contributed by atoms with van der Waals surface area (Å²) < 4.78 is 52.9. The van der Waals surface area contributed by atoms with Gasteiger partial charge in [0.2, 0.25) is 27.7 Å². The van der Waals surface area contributed by atoms with Crippen LogP contribution in [0.5, 0.6) is 11.6 Å². The number of alkyl halides is 1. The first-order chi connectivity index (χ1) is 25.3. The average Bonchev–Trinajstić information content (AvgIpc) is 4.03. The van der Waals surface area contributed by atoms with Gasteiger partial charge in [0.15, 0.2) is 0 Å². The fourth-order valence-corrected chi connectivity index (χ4v) is 9.56. The van der Waals surface area contributed by atoms with Crippen molar-refractivity contribution in [3.8, 4) is 11.6 Å². The van der Waals surface area contributed by atoms with Crippen LogP contribution < -0.4 is 24.8 Å². The maximum atomic E-state index is 14.4. The van der Waals surface area contributed by atoms with Crippen LogP contribution in [0.1, 0.15) is 70.9 Å². The first-order valence-corrected chi connectivity index (χ1v) is 19.9. The number of nitrogens with zero attached hydrogens (tertiary/aromatic N) is 2. The van der Waals surface area contributed by atoms with E-state index in [4.69, 9.17) is 14.5 Å². The number of allylic oxidation sites excluding steroid dienone is 1. The molecule has 0 radical (unpaired) electrons. The summed E-state index contributed by atoms with van der Waals surface area (Å²) >= 11 is 0. The lowest BCUT2D eigenvalue weighted by Gasteiger charge is -2.32. The molecule has 0 unspecified atom stereocenters. The zero-order valence-corrected chi connectivity index (χ0v) is 30.6. The van der Waals surface area contributed by atoms with Gasteiger partial charge in [0.05, 0.1) is 18.8 Å². The standard InChI is InChI=1S/C37H46FN5O9S/c1-21-8-3-4-9-23-18-37(23,34(46)42-53(49,50)36(20-38)13-14-36)41-31(44)28-17-24(19-43(28)33(45)29(22(2)16-21)40-35(47)48)52-32-26-11-6-5-10-25(26)30-27(39-32)12-7-15-51-30/h4-6,9-11,21-24,28-29,40H,3,7-8,12-20H2,1-2H3,(H,41,44)(H,42,46)(H,47,48)/b9-4-/t21-,22+,23+,24+,28-,29-,37+/m0/s1. The second-order valence-electron chi connectivity index (χ2n) is 15.4. The average molecular weight is 756 g/mol. The number of aryl methyl sites for hydroxylation is 1. The van der Waals surface area contributed by atoms with E-state index in [2.05, 4.69) is 15.4 Å². The molecule has 0 bridgehead atoms. The third kappa shape index (κ3) is 7.01. The first-order valence-electron chi connectivity index (χ1n) is 18.4. The second-order valence-corrected chi connectivity index (χ2v) is 17.5. The van der Waals surface area contributed by atoms with Crippen LogP contribution >= 0.6 is 0 Å². The summed E-state index contributed by atoms with van der Waals surface area (Å²) in [6.07, 6.45) is 5.06. The summed E-state index contributed by atoms with van der Waals surface area (Å²) in [5, 5.41) is 16.5. The predicted molar refractivity (Wildman–Crippen MR) is 190 cm³/mol. The number of amides is 4. The SMILES string of the molecule is C[C@H]1CC/C=C\[C@@H]2C[C@@]2(C(=O)NS(=O)(=O)C2(CF)CC2)NC(=O)[C@@H]2C[C@@H](Oc3nc4c(c5ccccc35)OCCC4)CN2C(=O)[C@@H](NC(=O)O)[C@H](C)C1. The molecule has 3 fully saturated rings. The van der Waals surface area contributed by atoms with E-state index < -0.39 is 80.8 Å². The van der Waals surface area contributed by atoms with Crippen LogP contribution in [0.15, 0.2) is 36.4 Å². The predicted octanol–water partition coefficient (Wildman–Crippen LogP) is 3.38. The molecular weight excluding hydrogens is 709 g/mol. The van der Waals surface area contributed by atoms with Gasteiger partial charge in [-0.1, -0.05) is 44.2 Å². The van der Waals surface area contributed by atoms with E-state index in [0.717, 1.165) is 17.5 Å². The Morgan fingerprint density at radius 3 is 2.64 bits per heavy atom. The number of fused-ring (bicyclic) bond motifs is 5. The van der Waals surface area contributed by atoms with Gasteiger partial charge in [0, 0.05) is 23.1 Å². The van der Waals surface area contributed by atoms with E-state index in [1.807, 2.05) is 37.3 Å². The Balaban J connectivity index is 1.23. The second kappa shape index (κ2) is 14.1. The highest BCUT2D eigenvalue weighted by Gasteiger charge is 2.64. The lowest BCUT2D eigenvalue weighted by atomic mass is 9.88. The molecule has 4 amide bonds. The summed E-state index contributed by atoms with van der Waals surface area (Å²) in [7, 11) is -4.38. The topological polar surface area (TPSA) is 193 Å². The fourth-order valence-electron chi connectivity index (χ4n) is 8.13. The molecule has 4 N–H and O–H groups in total. The van der Waals surface area contributed by atoms with E-state index in [1.165, 1.54) is 4.90 Å². The number of rotatable bonds is 7. The molecule has 3 aliphatic heterocycles. The minimum Gasteiger partial charge on any atom is -0.491 e. The van der Waals surface area contributed by atoms with Gasteiger partial charge in [0.1, 0.15) is 40.9 Å². The van der Waals surface area contributed by atoms with Crippen LogP contribution in [-0.2, 0) is 30.8 Å². The lowest BCUT2D eigenvalue weighted by Crippen LogP contribution is -2.59. The Morgan fingerprint density at radius 1 is 1.17 bits per heavy atom. The number of hydrogen-bond donors (Lipinski definition) is 4. The molecule has 1 aromatic carbocycles. The maximum absolute atomic E-state index is 14.4. The van der Waals surface area contributed by atoms with Gasteiger partial charge in [0.25, 0.3) is 5.91 Å². The number of pyridine rings is 1. The van der Waals surface area contributed by atoms with Gasteiger partial charge in [-0.15, -0.1) is 0 Å². The number of benzene rings is 1. The molecule has 1 aromatic heterocycles. The molecule has 2 aliphatic carbocycles. The highest BCUT2D eigenvalue weighted by molar-refractivity contribution is 7.91. The zero-order valence-electron chi connectivity index (χ0n) is 29.8. The van der Waals surface area contributed by atoms with Crippen molar-refractivity contribution < 1.29 is 46.6 Å². The van der Waals surface area contributed by atoms with Gasteiger partial charge in [-0.3, -0.25) is 19.1 Å². The van der Waals surface area contributed by atoms with E-state index >= 15 is 0 Å². The van der Waals surface area contributed by atoms with Crippen molar-refractivity contribution in [2.24, 2.45) is 17.8 Å². The van der Waals surface area contributed by atoms with Crippen molar-refractivity contribution in [2.45, 2.75) is 100 Å². The monoisotopic (exact) mass is 755 g/mol. The largest absolute Gasteiger partial charge is 0.491 e. The van der Waals surface area contributed by atoms with Crippen LogP contribution in [0.2, 0.25) is 0 Å². The molecule has 7 atom stereocenters. The highest BCUT2D eigenvalue weighted by atomic mass is 32.2. The number of carbonyl (C=O) groups excluding carboxylic acids is 3. The van der Waals surface area contributed by atoms with Gasteiger partial charge in [-0.25, -0.2) is 22.6 Å². The normalized spacial score (nSPS) is 31.6. The third-order valence-corrected chi connectivity index (χ3v) is 13.6. The van der Waals surface area contributed by atoms with Crippen LogP contribution in [0.4, 0.5) is 9.18 Å². The summed E-state index contributed by atoms with van der Waals surface area (Å²) in [5.74, 6) is -2.19. The molecule has 4 heterocycles. The van der Waals surface area contributed by atoms with E-state index in [1.54, 1.807) is 13.0 Å². The molecule has 2 aromatic rings.